The van der Waals surface area contributed by atoms with Gasteiger partial charge < -0.3 is 10.6 Å². The van der Waals surface area contributed by atoms with Gasteiger partial charge in [0.25, 0.3) is 15.7 Å². The van der Waals surface area contributed by atoms with Crippen LogP contribution in [0.25, 0.3) is 10.2 Å². The Morgan fingerprint density at radius 3 is 2.49 bits per heavy atom. The summed E-state index contributed by atoms with van der Waals surface area (Å²) in [5, 5.41) is 18.0. The summed E-state index contributed by atoms with van der Waals surface area (Å²) >= 11 is 2.13. The highest BCUT2D eigenvalue weighted by atomic mass is 32.2. The van der Waals surface area contributed by atoms with Crippen LogP contribution in [0, 0.1) is 10.1 Å². The van der Waals surface area contributed by atoms with Crippen molar-refractivity contribution in [1.29, 1.82) is 0 Å². The van der Waals surface area contributed by atoms with E-state index in [2.05, 4.69) is 25.3 Å². The number of fused-ring (bicyclic) bond motifs is 1. The summed E-state index contributed by atoms with van der Waals surface area (Å²) in [4.78, 5) is 42.3. The van der Waals surface area contributed by atoms with Gasteiger partial charge in [0.05, 0.1) is 32.2 Å². The molecule has 2 aromatic heterocycles. The summed E-state index contributed by atoms with van der Waals surface area (Å²) in [6.45, 7) is 1.35. The smallest absolute Gasteiger partial charge is 0.270 e. The highest BCUT2D eigenvalue weighted by molar-refractivity contribution is 7.93. The molecule has 0 fully saturated rings. The molecule has 0 saturated carbocycles. The second kappa shape index (κ2) is 9.73. The van der Waals surface area contributed by atoms with Gasteiger partial charge in [0.2, 0.25) is 11.8 Å². The molecule has 2 aromatic carbocycles. The summed E-state index contributed by atoms with van der Waals surface area (Å²) in [7, 11) is -3.92. The number of carbonyl (C=O) groups is 2. The average molecular weight is 533 g/mol. The molecule has 2 amide bonds. The summed E-state index contributed by atoms with van der Waals surface area (Å²) in [5.74, 6) is -0.697. The Morgan fingerprint density at radius 2 is 1.80 bits per heavy atom. The fourth-order valence-electron chi connectivity index (χ4n) is 2.94. The van der Waals surface area contributed by atoms with Gasteiger partial charge >= 0.3 is 0 Å². The van der Waals surface area contributed by atoms with Crippen molar-refractivity contribution in [3.05, 3.63) is 63.7 Å². The molecule has 15 heteroatoms. The zero-order chi connectivity index (χ0) is 25.2. The Labute approximate surface area is 206 Å². The number of rotatable bonds is 8. The molecule has 4 rings (SSSR count). The SMILES string of the molecule is CC(=O)Nc1ccc(S(=O)(=O)Nc2nc(CC(=O)Nc3nc4ccc([N+](=O)[O-])cc4s3)cs2)cc1. The number of sulfonamides is 1. The zero-order valence-corrected chi connectivity index (χ0v) is 20.3. The number of carbonyl (C=O) groups excluding carboxylic acids is 2. The third kappa shape index (κ3) is 5.95. The molecule has 0 aliphatic carbocycles. The lowest BCUT2D eigenvalue weighted by Crippen LogP contribution is -2.15. The van der Waals surface area contributed by atoms with Crippen LogP contribution in [0.15, 0.2) is 52.7 Å². The monoisotopic (exact) mass is 532 g/mol. The molecule has 3 N–H and O–H groups in total. The van der Waals surface area contributed by atoms with Crippen LogP contribution in [-0.4, -0.2) is 35.1 Å². The summed E-state index contributed by atoms with van der Waals surface area (Å²) < 4.78 is 28.1. The molecular formula is C20H16N6O6S3. The molecule has 0 spiro atoms. The van der Waals surface area contributed by atoms with E-state index in [0.29, 0.717) is 21.6 Å². The van der Waals surface area contributed by atoms with Gasteiger partial charge in [-0.05, 0) is 30.3 Å². The van der Waals surface area contributed by atoms with Crippen molar-refractivity contribution in [2.75, 3.05) is 15.4 Å². The Kier molecular flexibility index (Phi) is 6.72. The van der Waals surface area contributed by atoms with Crippen LogP contribution >= 0.6 is 22.7 Å². The molecule has 0 unspecified atom stereocenters. The number of thiazole rings is 2. The van der Waals surface area contributed by atoms with Gasteiger partial charge in [-0.3, -0.25) is 24.4 Å². The van der Waals surface area contributed by atoms with E-state index in [4.69, 9.17) is 0 Å². The molecule has 180 valence electrons. The number of nitro groups is 1. The number of benzene rings is 2. The number of amides is 2. The third-order valence-corrected chi connectivity index (χ3v) is 7.65. The summed E-state index contributed by atoms with van der Waals surface area (Å²) in [5.41, 5.74) is 1.26. The fourth-order valence-corrected chi connectivity index (χ4v) is 5.82. The van der Waals surface area contributed by atoms with E-state index in [9.17, 15) is 28.1 Å². The van der Waals surface area contributed by atoms with Gasteiger partial charge in [0, 0.05) is 30.1 Å². The summed E-state index contributed by atoms with van der Waals surface area (Å²) in [6, 6.07) is 9.86. The van der Waals surface area contributed by atoms with E-state index in [-0.39, 0.29) is 33.2 Å². The van der Waals surface area contributed by atoms with E-state index >= 15 is 0 Å². The van der Waals surface area contributed by atoms with Crippen LogP contribution in [0.1, 0.15) is 12.6 Å². The third-order valence-electron chi connectivity index (χ3n) is 4.43. The van der Waals surface area contributed by atoms with Crippen LogP contribution in [0.4, 0.5) is 21.6 Å². The second-order valence-corrected chi connectivity index (χ2v) is 10.7. The molecule has 0 bridgehead atoms. The second-order valence-electron chi connectivity index (χ2n) is 7.11. The molecule has 2 heterocycles. The normalized spacial score (nSPS) is 11.2. The first-order valence-corrected chi connectivity index (χ1v) is 13.0. The quantitative estimate of drug-likeness (QED) is 0.228. The van der Waals surface area contributed by atoms with Crippen molar-refractivity contribution in [1.82, 2.24) is 9.97 Å². The number of nitrogens with zero attached hydrogens (tertiary/aromatic N) is 3. The first kappa shape index (κ1) is 24.2. The minimum absolute atomic E-state index is 0.0165. The Bertz CT molecular complexity index is 1550. The Morgan fingerprint density at radius 1 is 1.06 bits per heavy atom. The van der Waals surface area contributed by atoms with Crippen LogP contribution < -0.4 is 15.4 Å². The highest BCUT2D eigenvalue weighted by Gasteiger charge is 2.18. The number of anilines is 3. The largest absolute Gasteiger partial charge is 0.326 e. The number of hydrogen-bond acceptors (Lipinski definition) is 10. The molecule has 12 nitrogen and oxygen atoms in total. The molecule has 0 saturated heterocycles. The topological polar surface area (TPSA) is 173 Å². The molecule has 0 aliphatic heterocycles. The molecule has 35 heavy (non-hydrogen) atoms. The number of non-ortho nitro benzene ring substituents is 1. The first-order valence-electron chi connectivity index (χ1n) is 9.79. The first-order chi connectivity index (χ1) is 16.6. The van der Waals surface area contributed by atoms with Crippen molar-refractivity contribution in [2.24, 2.45) is 0 Å². The Balaban J connectivity index is 1.38. The van der Waals surface area contributed by atoms with E-state index < -0.39 is 20.9 Å². The lowest BCUT2D eigenvalue weighted by atomic mass is 10.3. The van der Waals surface area contributed by atoms with Crippen LogP contribution in [0.5, 0.6) is 0 Å². The maximum absolute atomic E-state index is 12.6. The van der Waals surface area contributed by atoms with Gasteiger partial charge in [-0.25, -0.2) is 18.4 Å². The van der Waals surface area contributed by atoms with Crippen molar-refractivity contribution >= 4 is 76.4 Å². The van der Waals surface area contributed by atoms with E-state index in [1.165, 1.54) is 49.4 Å². The predicted octanol–water partition coefficient (Wildman–Crippen LogP) is 3.60. The fraction of sp³-hybridized carbons (Fsp3) is 0.100. The van der Waals surface area contributed by atoms with Crippen LogP contribution in [0.2, 0.25) is 0 Å². The van der Waals surface area contributed by atoms with Gasteiger partial charge in [-0.1, -0.05) is 11.3 Å². The van der Waals surface area contributed by atoms with Crippen LogP contribution in [-0.2, 0) is 26.0 Å². The van der Waals surface area contributed by atoms with Crippen molar-refractivity contribution < 1.29 is 22.9 Å². The minimum Gasteiger partial charge on any atom is -0.326 e. The van der Waals surface area contributed by atoms with Gasteiger partial charge in [0.15, 0.2) is 10.3 Å². The number of nitro benzene ring substituents is 1. The van der Waals surface area contributed by atoms with Crippen LogP contribution in [0.3, 0.4) is 0 Å². The van der Waals surface area contributed by atoms with Crippen molar-refractivity contribution in [3.63, 3.8) is 0 Å². The van der Waals surface area contributed by atoms with Gasteiger partial charge in [-0.2, -0.15) is 0 Å². The lowest BCUT2D eigenvalue weighted by molar-refractivity contribution is -0.384. The maximum atomic E-state index is 12.6. The predicted molar refractivity (Wildman–Crippen MR) is 132 cm³/mol. The van der Waals surface area contributed by atoms with E-state index in [1.54, 1.807) is 5.38 Å². The van der Waals surface area contributed by atoms with Crippen molar-refractivity contribution in [3.8, 4) is 0 Å². The number of hydrogen-bond donors (Lipinski definition) is 3. The van der Waals surface area contributed by atoms with E-state index in [0.717, 1.165) is 22.7 Å². The maximum Gasteiger partial charge on any atom is 0.270 e. The molecule has 0 atom stereocenters. The Hall–Kier alpha value is -3.95. The van der Waals surface area contributed by atoms with Crippen molar-refractivity contribution in [2.45, 2.75) is 18.2 Å². The lowest BCUT2D eigenvalue weighted by Gasteiger charge is -2.06. The number of nitrogens with one attached hydrogen (secondary N) is 3. The summed E-state index contributed by atoms with van der Waals surface area (Å²) in [6.07, 6.45) is -0.125. The zero-order valence-electron chi connectivity index (χ0n) is 17.8. The molecular weight excluding hydrogens is 516 g/mol. The van der Waals surface area contributed by atoms with Gasteiger partial charge in [0.1, 0.15) is 0 Å². The number of aromatic nitrogens is 2. The van der Waals surface area contributed by atoms with Gasteiger partial charge in [-0.15, -0.1) is 11.3 Å². The van der Waals surface area contributed by atoms with E-state index in [1.807, 2.05) is 0 Å². The highest BCUT2D eigenvalue weighted by Crippen LogP contribution is 2.29. The minimum atomic E-state index is -3.92. The standard InChI is InChI=1S/C20H16N6O6S3/c1-11(27)21-12-2-5-15(6-3-12)35(31,32)25-20-22-13(10-33-20)8-18(28)24-19-23-16-7-4-14(26(29)30)9-17(16)34-19/h2-7,9-10H,8H2,1H3,(H,21,27)(H,22,25)(H,23,24,28). The molecule has 4 aromatic rings. The average Bonchev–Trinajstić information content (AvgIpc) is 3.38. The molecule has 0 aliphatic rings. The molecule has 0 radical (unpaired) electrons.